The third-order valence-electron chi connectivity index (χ3n) is 7.25. The predicted molar refractivity (Wildman–Crippen MR) is 168 cm³/mol. The normalized spacial score (nSPS) is 13.9. The van der Waals surface area contributed by atoms with Crippen LogP contribution >= 0.6 is 23.2 Å². The molecule has 3 amide bonds. The number of hydrogen-bond donors (Lipinski definition) is 6. The Morgan fingerprint density at radius 3 is 2.56 bits per heavy atom. The van der Waals surface area contributed by atoms with E-state index in [0.717, 1.165) is 28.0 Å². The fourth-order valence-electron chi connectivity index (χ4n) is 5.03. The molecule has 0 aliphatic carbocycles. The maximum absolute atomic E-state index is 12.9. The Balaban J connectivity index is 1.16. The van der Waals surface area contributed by atoms with Crippen LogP contribution in [0.4, 0.5) is 15.3 Å². The Morgan fingerprint density at radius 1 is 1.09 bits per heavy atom. The zero-order valence-electron chi connectivity index (χ0n) is 23.5. The smallest absolute Gasteiger partial charge is 0.409 e. The fourth-order valence-corrected chi connectivity index (χ4v) is 5.37. The van der Waals surface area contributed by atoms with Crippen molar-refractivity contribution >= 4 is 57.9 Å². The number of fused-ring (bicyclic) bond motifs is 1. The molecule has 11 nitrogen and oxygen atoms in total. The molecule has 0 radical (unpaired) electrons. The van der Waals surface area contributed by atoms with Gasteiger partial charge in [-0.1, -0.05) is 53.5 Å². The molecular weight excluding hydrogens is 591 g/mol. The number of hydrazine groups is 1. The first kappa shape index (κ1) is 30.1. The van der Waals surface area contributed by atoms with Crippen LogP contribution in [0.2, 0.25) is 10.0 Å². The van der Waals surface area contributed by atoms with Gasteiger partial charge in [-0.05, 0) is 62.4 Å². The molecule has 0 unspecified atom stereocenters. The van der Waals surface area contributed by atoms with Crippen LogP contribution in [0.5, 0.6) is 5.75 Å². The SMILES string of the molecule is Cc1nc2c(CCc3ccc(C(=N)N)cc3)c(OC(=O)NN3CCC(NC(=O)Nc4cccc(Cl)c4Cl)CC3)ccc2[nH]1. The van der Waals surface area contributed by atoms with Crippen LogP contribution in [0.3, 0.4) is 0 Å². The number of carbonyl (C=O) groups excluding carboxylic acids is 2. The number of nitrogen functional groups attached to an aromatic ring is 1. The highest BCUT2D eigenvalue weighted by Gasteiger charge is 2.23. The number of aromatic amines is 1. The maximum Gasteiger partial charge on any atom is 0.427 e. The molecule has 1 aromatic heterocycles. The molecule has 3 aromatic carbocycles. The zero-order chi connectivity index (χ0) is 30.5. The van der Waals surface area contributed by atoms with Gasteiger partial charge in [-0.15, -0.1) is 0 Å². The number of carbonyl (C=O) groups is 2. The molecule has 224 valence electrons. The molecule has 5 rings (SSSR count). The van der Waals surface area contributed by atoms with E-state index in [4.69, 9.17) is 39.1 Å². The minimum absolute atomic E-state index is 0.0233. The Hall–Kier alpha value is -4.32. The standard InChI is InChI=1S/C30H32Cl2N8O3/c1-17-35-24-11-12-25(21(27(24)36-17)10-7-18-5-8-19(9-6-18)28(33)34)43-30(42)39-40-15-13-20(14-16-40)37-29(41)38-23-4-2-3-22(31)26(23)32/h2-6,8-9,11-12,20H,7,10,13-16H2,1H3,(H3,33,34)(H,35,36)(H,39,42)(H2,37,38,41). The number of rotatable bonds is 8. The lowest BCUT2D eigenvalue weighted by Gasteiger charge is -2.32. The molecule has 1 fully saturated rings. The molecular formula is C30H32Cl2N8O3. The number of H-pyrrole nitrogens is 1. The molecule has 7 N–H and O–H groups in total. The lowest BCUT2D eigenvalue weighted by atomic mass is 10.0. The molecule has 43 heavy (non-hydrogen) atoms. The van der Waals surface area contributed by atoms with E-state index in [-0.39, 0.29) is 22.9 Å². The summed E-state index contributed by atoms with van der Waals surface area (Å²) < 4.78 is 5.79. The molecule has 0 atom stereocenters. The molecule has 0 bridgehead atoms. The van der Waals surface area contributed by atoms with E-state index in [0.29, 0.717) is 60.8 Å². The summed E-state index contributed by atoms with van der Waals surface area (Å²) >= 11 is 12.2. The van der Waals surface area contributed by atoms with Crippen molar-refractivity contribution in [3.8, 4) is 5.75 Å². The van der Waals surface area contributed by atoms with Gasteiger partial charge in [0, 0.05) is 30.3 Å². The third kappa shape index (κ3) is 7.56. The number of benzene rings is 3. The fraction of sp³-hybridized carbons (Fsp3) is 0.267. The summed E-state index contributed by atoms with van der Waals surface area (Å²) in [6.45, 7) is 2.93. The number of nitrogens with two attached hydrogens (primary N) is 1. The van der Waals surface area contributed by atoms with E-state index in [2.05, 4.69) is 26.0 Å². The summed E-state index contributed by atoms with van der Waals surface area (Å²) in [4.78, 5) is 33.3. The lowest BCUT2D eigenvalue weighted by Crippen LogP contribution is -2.52. The largest absolute Gasteiger partial charge is 0.427 e. The number of urea groups is 1. The van der Waals surface area contributed by atoms with E-state index in [1.807, 2.05) is 37.3 Å². The highest BCUT2D eigenvalue weighted by atomic mass is 35.5. The zero-order valence-corrected chi connectivity index (χ0v) is 25.0. The van der Waals surface area contributed by atoms with Crippen molar-refractivity contribution in [1.29, 1.82) is 5.41 Å². The molecule has 4 aromatic rings. The molecule has 1 aliphatic rings. The van der Waals surface area contributed by atoms with Crippen molar-refractivity contribution < 1.29 is 14.3 Å². The quantitative estimate of drug-likeness (QED) is 0.112. The number of hydrogen-bond acceptors (Lipinski definition) is 6. The molecule has 1 aliphatic heterocycles. The van der Waals surface area contributed by atoms with E-state index in [9.17, 15) is 9.59 Å². The monoisotopic (exact) mass is 622 g/mol. The van der Waals surface area contributed by atoms with Gasteiger partial charge in [0.2, 0.25) is 0 Å². The number of nitrogens with one attached hydrogen (secondary N) is 5. The van der Waals surface area contributed by atoms with Crippen molar-refractivity contribution in [2.75, 3.05) is 18.4 Å². The maximum atomic E-state index is 12.9. The number of aryl methyl sites for hydroxylation is 3. The first-order valence-corrected chi connectivity index (χ1v) is 14.6. The van der Waals surface area contributed by atoms with Crippen LogP contribution in [0.1, 0.15) is 35.4 Å². The van der Waals surface area contributed by atoms with Crippen LogP contribution in [0.25, 0.3) is 11.0 Å². The number of imidazole rings is 1. The molecule has 2 heterocycles. The average Bonchev–Trinajstić information content (AvgIpc) is 3.36. The molecule has 0 spiro atoms. The van der Waals surface area contributed by atoms with E-state index < -0.39 is 6.09 Å². The average molecular weight is 624 g/mol. The van der Waals surface area contributed by atoms with Gasteiger partial charge in [0.25, 0.3) is 0 Å². The first-order chi connectivity index (χ1) is 20.7. The van der Waals surface area contributed by atoms with Crippen LogP contribution in [-0.2, 0) is 12.8 Å². The molecule has 13 heteroatoms. The van der Waals surface area contributed by atoms with Gasteiger partial charge in [0.1, 0.15) is 17.4 Å². The minimum atomic E-state index is -0.599. The summed E-state index contributed by atoms with van der Waals surface area (Å²) in [6, 6.07) is 15.7. The highest BCUT2D eigenvalue weighted by molar-refractivity contribution is 6.43. The van der Waals surface area contributed by atoms with Gasteiger partial charge in [-0.25, -0.2) is 19.6 Å². The Kier molecular flexibility index (Phi) is 9.34. The second kappa shape index (κ2) is 13.3. The van der Waals surface area contributed by atoms with Gasteiger partial charge < -0.3 is 26.1 Å². The number of anilines is 1. The Bertz CT molecular complexity index is 1650. The second-order valence-electron chi connectivity index (χ2n) is 10.3. The van der Waals surface area contributed by atoms with Crippen LogP contribution in [-0.4, -0.2) is 52.1 Å². The van der Waals surface area contributed by atoms with E-state index in [1.165, 1.54) is 0 Å². The molecule has 1 saturated heterocycles. The first-order valence-electron chi connectivity index (χ1n) is 13.8. The summed E-state index contributed by atoms with van der Waals surface area (Å²) in [6.07, 6.45) is 1.92. The topological polar surface area (TPSA) is 161 Å². The number of halogens is 2. The van der Waals surface area contributed by atoms with Gasteiger partial charge in [-0.3, -0.25) is 10.8 Å². The van der Waals surface area contributed by atoms with Gasteiger partial charge in [-0.2, -0.15) is 0 Å². The predicted octanol–water partition coefficient (Wildman–Crippen LogP) is 5.54. The van der Waals surface area contributed by atoms with Crippen LogP contribution in [0.15, 0.2) is 54.6 Å². The van der Waals surface area contributed by atoms with Crippen molar-refractivity contribution in [2.45, 2.75) is 38.6 Å². The summed E-state index contributed by atoms with van der Waals surface area (Å²) in [5.41, 5.74) is 13.0. The van der Waals surface area contributed by atoms with Gasteiger partial charge in [0.05, 0.1) is 26.8 Å². The number of ether oxygens (including phenoxy) is 1. The Morgan fingerprint density at radius 2 is 1.84 bits per heavy atom. The summed E-state index contributed by atoms with van der Waals surface area (Å²) in [7, 11) is 0. The Labute approximate surface area is 258 Å². The van der Waals surface area contributed by atoms with Crippen LogP contribution < -0.4 is 26.5 Å². The van der Waals surface area contributed by atoms with Crippen molar-refractivity contribution in [3.63, 3.8) is 0 Å². The van der Waals surface area contributed by atoms with E-state index >= 15 is 0 Å². The van der Waals surface area contributed by atoms with Gasteiger partial charge in [0.15, 0.2) is 0 Å². The number of nitrogens with zero attached hydrogens (tertiary/aromatic N) is 2. The number of amidine groups is 1. The van der Waals surface area contributed by atoms with E-state index in [1.54, 1.807) is 29.3 Å². The van der Waals surface area contributed by atoms with Crippen molar-refractivity contribution in [1.82, 2.24) is 25.7 Å². The highest BCUT2D eigenvalue weighted by Crippen LogP contribution is 2.30. The van der Waals surface area contributed by atoms with Gasteiger partial charge >= 0.3 is 12.1 Å². The summed E-state index contributed by atoms with van der Waals surface area (Å²) in [5, 5.41) is 15.7. The molecule has 0 saturated carbocycles. The number of piperidine rings is 1. The second-order valence-corrected chi connectivity index (χ2v) is 11.1. The number of aromatic nitrogens is 2. The number of amides is 3. The summed E-state index contributed by atoms with van der Waals surface area (Å²) in [5.74, 6) is 1.23. The lowest BCUT2D eigenvalue weighted by molar-refractivity contribution is 0.119. The third-order valence-corrected chi connectivity index (χ3v) is 8.06. The minimum Gasteiger partial charge on any atom is -0.409 e. The van der Waals surface area contributed by atoms with Crippen molar-refractivity contribution in [3.05, 3.63) is 87.2 Å². The van der Waals surface area contributed by atoms with Crippen LogP contribution in [0, 0.1) is 12.3 Å². The van der Waals surface area contributed by atoms with Crippen molar-refractivity contribution in [2.24, 2.45) is 5.73 Å².